The molecule has 1 saturated heterocycles. The van der Waals surface area contributed by atoms with Crippen molar-refractivity contribution in [1.29, 1.82) is 0 Å². The number of hydrogen-bond donors (Lipinski definition) is 0. The van der Waals surface area contributed by atoms with E-state index in [1.165, 1.54) is 10.7 Å². The minimum atomic E-state index is -4.49. The summed E-state index contributed by atoms with van der Waals surface area (Å²) in [6, 6.07) is 3.20. The second-order valence-electron chi connectivity index (χ2n) is 8.60. The van der Waals surface area contributed by atoms with Crippen molar-refractivity contribution in [2.24, 2.45) is 0 Å². The Bertz CT molecular complexity index is 992. The van der Waals surface area contributed by atoms with Crippen molar-refractivity contribution in [2.75, 3.05) is 53.4 Å². The summed E-state index contributed by atoms with van der Waals surface area (Å²) in [7, 11) is 4.06. The maximum Gasteiger partial charge on any atom is 0.416 e. The van der Waals surface area contributed by atoms with Crippen LogP contribution in [-0.4, -0.2) is 83.8 Å². The highest BCUT2D eigenvalue weighted by Gasteiger charge is 2.33. The summed E-state index contributed by atoms with van der Waals surface area (Å²) in [6.45, 7) is 4.52. The molecule has 1 aliphatic heterocycles. The molecule has 2 aliphatic rings. The average molecular weight is 470 g/mol. The first kappa shape index (κ1) is 23.1. The quantitative estimate of drug-likeness (QED) is 0.676. The first-order valence-electron chi connectivity index (χ1n) is 10.8. The number of alkyl halides is 3. The van der Waals surface area contributed by atoms with Gasteiger partial charge in [-0.15, -0.1) is 0 Å². The predicted octanol–water partition coefficient (Wildman–Crippen LogP) is 3.35. The minimum absolute atomic E-state index is 0.155. The van der Waals surface area contributed by atoms with Crippen molar-refractivity contribution in [3.8, 4) is 5.69 Å². The van der Waals surface area contributed by atoms with Gasteiger partial charge in [0.2, 0.25) is 0 Å². The van der Waals surface area contributed by atoms with Crippen molar-refractivity contribution >= 4 is 17.5 Å². The fraction of sp³-hybridized carbons (Fsp3) is 0.545. The number of carbonyl (C=O) groups is 1. The number of benzene rings is 1. The summed E-state index contributed by atoms with van der Waals surface area (Å²) in [5, 5.41) is 4.69. The fourth-order valence-corrected chi connectivity index (χ4v) is 4.47. The zero-order chi connectivity index (χ0) is 23.0. The van der Waals surface area contributed by atoms with Crippen molar-refractivity contribution in [3.63, 3.8) is 0 Å². The second-order valence-corrected chi connectivity index (χ2v) is 9.01. The molecule has 0 atom stereocenters. The molecular formula is C22H27ClF3N5O. The largest absolute Gasteiger partial charge is 0.416 e. The lowest BCUT2D eigenvalue weighted by molar-refractivity contribution is -0.137. The molecular weight excluding hydrogens is 443 g/mol. The third kappa shape index (κ3) is 4.65. The van der Waals surface area contributed by atoms with Crippen LogP contribution >= 0.6 is 11.6 Å². The van der Waals surface area contributed by atoms with Crippen molar-refractivity contribution < 1.29 is 18.0 Å². The van der Waals surface area contributed by atoms with Crippen LogP contribution in [0.3, 0.4) is 0 Å². The molecule has 0 bridgehead atoms. The Balaban J connectivity index is 1.70. The Hall–Kier alpha value is -2.10. The van der Waals surface area contributed by atoms with E-state index in [4.69, 9.17) is 11.6 Å². The number of likely N-dealkylation sites (N-methyl/N-ethyl adjacent to an activating group) is 2. The standard InChI is InChI=1S/C22H27ClF3N5O/c1-28-8-9-29(2)11-13-30(12-10-28)21(32)20-16-4-3-5-18(16)31(27-20)19-14-15(22(24,25)26)6-7-17(19)23/h6-7,14H,3-5,8-13H2,1-2H3. The molecule has 1 aliphatic carbocycles. The van der Waals surface area contributed by atoms with Crippen LogP contribution in [0.2, 0.25) is 5.02 Å². The molecule has 1 aromatic carbocycles. The SMILES string of the molecule is CN1CCN(C)CCN(C(=O)c2nn(-c3cc(C(F)(F)F)ccc3Cl)c3c2CCC3)CC1. The van der Waals surface area contributed by atoms with Crippen LogP contribution in [0.5, 0.6) is 0 Å². The Morgan fingerprint density at radius 3 is 2.25 bits per heavy atom. The molecule has 10 heteroatoms. The van der Waals surface area contributed by atoms with Gasteiger partial charge in [0.25, 0.3) is 5.91 Å². The van der Waals surface area contributed by atoms with Gasteiger partial charge in [-0.3, -0.25) is 4.79 Å². The second kappa shape index (κ2) is 9.03. The van der Waals surface area contributed by atoms with Gasteiger partial charge in [-0.25, -0.2) is 4.68 Å². The maximum absolute atomic E-state index is 13.5. The number of carbonyl (C=O) groups excluding carboxylic acids is 1. The van der Waals surface area contributed by atoms with E-state index in [2.05, 4.69) is 14.9 Å². The molecule has 0 spiro atoms. The van der Waals surface area contributed by atoms with Crippen LogP contribution in [0.25, 0.3) is 5.69 Å². The number of halogens is 4. The smallest absolute Gasteiger partial charge is 0.335 e. The fourth-order valence-electron chi connectivity index (χ4n) is 4.27. The van der Waals surface area contributed by atoms with E-state index in [9.17, 15) is 18.0 Å². The van der Waals surface area contributed by atoms with Crippen LogP contribution in [0.4, 0.5) is 13.2 Å². The van der Waals surface area contributed by atoms with E-state index < -0.39 is 11.7 Å². The molecule has 1 fully saturated rings. The summed E-state index contributed by atoms with van der Waals surface area (Å²) in [5.74, 6) is -0.173. The van der Waals surface area contributed by atoms with E-state index in [0.29, 0.717) is 31.6 Å². The van der Waals surface area contributed by atoms with Crippen molar-refractivity contribution in [1.82, 2.24) is 24.5 Å². The molecule has 1 aromatic heterocycles. The Kier molecular flexibility index (Phi) is 6.51. The molecule has 0 radical (unpaired) electrons. The highest BCUT2D eigenvalue weighted by atomic mass is 35.5. The highest BCUT2D eigenvalue weighted by Crippen LogP contribution is 2.35. The topological polar surface area (TPSA) is 44.6 Å². The summed E-state index contributed by atoms with van der Waals surface area (Å²) in [4.78, 5) is 19.7. The van der Waals surface area contributed by atoms with Crippen LogP contribution in [0.1, 0.15) is 33.7 Å². The molecule has 4 rings (SSSR count). The monoisotopic (exact) mass is 469 g/mol. The van der Waals surface area contributed by atoms with Gasteiger partial charge in [-0.1, -0.05) is 11.6 Å². The molecule has 174 valence electrons. The van der Waals surface area contributed by atoms with Crippen LogP contribution in [0, 0.1) is 0 Å². The summed E-state index contributed by atoms with van der Waals surface area (Å²) >= 11 is 6.28. The van der Waals surface area contributed by atoms with Gasteiger partial charge >= 0.3 is 6.18 Å². The third-order valence-corrected chi connectivity index (χ3v) is 6.61. The normalized spacial score (nSPS) is 18.9. The number of hydrogen-bond acceptors (Lipinski definition) is 4. The molecule has 1 amide bonds. The summed E-state index contributed by atoms with van der Waals surface area (Å²) in [5.41, 5.74) is 1.29. The minimum Gasteiger partial charge on any atom is -0.335 e. The van der Waals surface area contributed by atoms with Gasteiger partial charge in [0.1, 0.15) is 0 Å². The van der Waals surface area contributed by atoms with Gasteiger partial charge in [0, 0.05) is 50.5 Å². The van der Waals surface area contributed by atoms with Crippen molar-refractivity contribution in [2.45, 2.75) is 25.4 Å². The van der Waals surface area contributed by atoms with Gasteiger partial charge in [-0.2, -0.15) is 18.3 Å². The molecule has 2 heterocycles. The number of nitrogens with zero attached hydrogens (tertiary/aromatic N) is 5. The van der Waals surface area contributed by atoms with E-state index in [1.807, 2.05) is 14.1 Å². The Morgan fingerprint density at radius 1 is 1.00 bits per heavy atom. The van der Waals surface area contributed by atoms with Gasteiger partial charge in [-0.05, 0) is 51.6 Å². The molecule has 2 aromatic rings. The van der Waals surface area contributed by atoms with Crippen LogP contribution < -0.4 is 0 Å². The first-order chi connectivity index (χ1) is 15.1. The molecule has 6 nitrogen and oxygen atoms in total. The summed E-state index contributed by atoms with van der Waals surface area (Å²) in [6.07, 6.45) is -2.33. The molecule has 32 heavy (non-hydrogen) atoms. The van der Waals surface area contributed by atoms with Crippen molar-refractivity contribution in [3.05, 3.63) is 45.7 Å². The lowest BCUT2D eigenvalue weighted by Crippen LogP contribution is -2.39. The van der Waals surface area contributed by atoms with E-state index in [-0.39, 0.29) is 16.6 Å². The number of fused-ring (bicyclic) bond motifs is 1. The lowest BCUT2D eigenvalue weighted by atomic mass is 10.1. The first-order valence-corrected chi connectivity index (χ1v) is 11.2. The van der Waals surface area contributed by atoms with Gasteiger partial charge < -0.3 is 14.7 Å². The number of aromatic nitrogens is 2. The highest BCUT2D eigenvalue weighted by molar-refractivity contribution is 6.32. The van der Waals surface area contributed by atoms with E-state index in [1.54, 1.807) is 4.90 Å². The molecule has 0 unspecified atom stereocenters. The lowest BCUT2D eigenvalue weighted by Gasteiger charge is -2.24. The number of rotatable bonds is 2. The predicted molar refractivity (Wildman–Crippen MR) is 116 cm³/mol. The molecule has 0 N–H and O–H groups in total. The van der Waals surface area contributed by atoms with E-state index in [0.717, 1.165) is 56.0 Å². The zero-order valence-corrected chi connectivity index (χ0v) is 19.0. The average Bonchev–Trinajstić information content (AvgIpc) is 3.35. The van der Waals surface area contributed by atoms with E-state index >= 15 is 0 Å². The van der Waals surface area contributed by atoms with Gasteiger partial charge in [0.05, 0.1) is 16.3 Å². The Morgan fingerprint density at radius 2 is 1.62 bits per heavy atom. The van der Waals surface area contributed by atoms with Crippen LogP contribution in [-0.2, 0) is 19.0 Å². The van der Waals surface area contributed by atoms with Crippen LogP contribution in [0.15, 0.2) is 18.2 Å². The third-order valence-electron chi connectivity index (χ3n) is 6.29. The molecule has 0 saturated carbocycles. The number of amides is 1. The maximum atomic E-state index is 13.5. The van der Waals surface area contributed by atoms with Gasteiger partial charge in [0.15, 0.2) is 5.69 Å². The Labute approximate surface area is 190 Å². The zero-order valence-electron chi connectivity index (χ0n) is 18.3. The summed E-state index contributed by atoms with van der Waals surface area (Å²) < 4.78 is 41.3.